The number of benzene rings is 1. The standard InChI is InChI=1S/C14H21NO3/c1-4-15(5-2)10-11-6-7-13(18-3)12(8-11)9-14(16)17/h6-8H,4-5,9-10H2,1-3H3,(H,16,17). The van der Waals surface area contributed by atoms with Crippen molar-refractivity contribution in [1.29, 1.82) is 0 Å². The van der Waals surface area contributed by atoms with E-state index in [0.717, 1.165) is 30.8 Å². The molecule has 100 valence electrons. The van der Waals surface area contributed by atoms with E-state index in [4.69, 9.17) is 9.84 Å². The number of nitrogens with zero attached hydrogens (tertiary/aromatic N) is 1. The Bertz CT molecular complexity index is 400. The molecule has 0 saturated carbocycles. The smallest absolute Gasteiger partial charge is 0.307 e. The zero-order valence-corrected chi connectivity index (χ0v) is 11.3. The zero-order chi connectivity index (χ0) is 13.5. The molecule has 4 nitrogen and oxygen atoms in total. The van der Waals surface area contributed by atoms with E-state index in [1.54, 1.807) is 7.11 Å². The van der Waals surface area contributed by atoms with E-state index in [2.05, 4.69) is 18.7 Å². The Morgan fingerprint density at radius 1 is 1.33 bits per heavy atom. The van der Waals surface area contributed by atoms with Gasteiger partial charge in [-0.05, 0) is 24.7 Å². The SMILES string of the molecule is CCN(CC)Cc1ccc(OC)c(CC(=O)O)c1. The predicted octanol–water partition coefficient (Wildman–Crippen LogP) is 2.16. The zero-order valence-electron chi connectivity index (χ0n) is 11.3. The minimum Gasteiger partial charge on any atom is -0.496 e. The summed E-state index contributed by atoms with van der Waals surface area (Å²) in [5.74, 6) is -0.200. The molecule has 4 heteroatoms. The lowest BCUT2D eigenvalue weighted by molar-refractivity contribution is -0.136. The van der Waals surface area contributed by atoms with Crippen LogP contribution in [0.2, 0.25) is 0 Å². The molecular formula is C14H21NO3. The van der Waals surface area contributed by atoms with E-state index in [-0.39, 0.29) is 6.42 Å². The van der Waals surface area contributed by atoms with Gasteiger partial charge in [-0.3, -0.25) is 9.69 Å². The minimum atomic E-state index is -0.840. The normalized spacial score (nSPS) is 10.7. The number of carbonyl (C=O) groups is 1. The third-order valence-corrected chi connectivity index (χ3v) is 2.99. The number of hydrogen-bond donors (Lipinski definition) is 1. The van der Waals surface area contributed by atoms with E-state index < -0.39 is 5.97 Å². The molecule has 0 saturated heterocycles. The van der Waals surface area contributed by atoms with Crippen LogP contribution >= 0.6 is 0 Å². The predicted molar refractivity (Wildman–Crippen MR) is 71.0 cm³/mol. The topological polar surface area (TPSA) is 49.8 Å². The van der Waals surface area contributed by atoms with Crippen LogP contribution in [0.4, 0.5) is 0 Å². The Hall–Kier alpha value is -1.55. The van der Waals surface area contributed by atoms with Crippen LogP contribution in [-0.4, -0.2) is 36.2 Å². The van der Waals surface area contributed by atoms with Gasteiger partial charge in [0.05, 0.1) is 13.5 Å². The summed E-state index contributed by atoms with van der Waals surface area (Å²) >= 11 is 0. The monoisotopic (exact) mass is 251 g/mol. The maximum absolute atomic E-state index is 10.8. The number of hydrogen-bond acceptors (Lipinski definition) is 3. The molecule has 0 unspecified atom stereocenters. The maximum atomic E-state index is 10.8. The van der Waals surface area contributed by atoms with E-state index >= 15 is 0 Å². The molecule has 0 spiro atoms. The van der Waals surface area contributed by atoms with Crippen LogP contribution < -0.4 is 4.74 Å². The largest absolute Gasteiger partial charge is 0.496 e. The fraction of sp³-hybridized carbons (Fsp3) is 0.500. The first-order valence-corrected chi connectivity index (χ1v) is 6.20. The summed E-state index contributed by atoms with van der Waals surface area (Å²) in [6.07, 6.45) is -0.00470. The number of rotatable bonds is 7. The van der Waals surface area contributed by atoms with Gasteiger partial charge in [0, 0.05) is 12.1 Å². The highest BCUT2D eigenvalue weighted by atomic mass is 16.5. The Kier molecular flexibility index (Phi) is 5.65. The maximum Gasteiger partial charge on any atom is 0.307 e. The first-order chi connectivity index (χ1) is 8.60. The first kappa shape index (κ1) is 14.5. The van der Waals surface area contributed by atoms with Crippen LogP contribution in [0.1, 0.15) is 25.0 Å². The molecule has 0 amide bonds. The lowest BCUT2D eigenvalue weighted by Crippen LogP contribution is -2.22. The molecule has 0 aliphatic carbocycles. The molecule has 0 bridgehead atoms. The van der Waals surface area contributed by atoms with Crippen molar-refractivity contribution in [3.63, 3.8) is 0 Å². The molecule has 0 aliphatic rings. The van der Waals surface area contributed by atoms with Crippen LogP contribution in [-0.2, 0) is 17.8 Å². The van der Waals surface area contributed by atoms with Gasteiger partial charge in [-0.1, -0.05) is 26.0 Å². The van der Waals surface area contributed by atoms with Gasteiger partial charge in [0.25, 0.3) is 0 Å². The van der Waals surface area contributed by atoms with Gasteiger partial charge in [-0.25, -0.2) is 0 Å². The first-order valence-electron chi connectivity index (χ1n) is 6.20. The third-order valence-electron chi connectivity index (χ3n) is 2.99. The molecule has 0 heterocycles. The average Bonchev–Trinajstić information content (AvgIpc) is 2.35. The van der Waals surface area contributed by atoms with Gasteiger partial charge < -0.3 is 9.84 Å². The molecule has 0 fully saturated rings. The Morgan fingerprint density at radius 2 is 2.00 bits per heavy atom. The van der Waals surface area contributed by atoms with Gasteiger partial charge in [0.2, 0.25) is 0 Å². The summed E-state index contributed by atoms with van der Waals surface area (Å²) in [6.45, 7) is 7.04. The quantitative estimate of drug-likeness (QED) is 0.807. The molecule has 1 aromatic carbocycles. The van der Waals surface area contributed by atoms with Crippen LogP contribution in [0.25, 0.3) is 0 Å². The molecule has 1 rings (SSSR count). The van der Waals surface area contributed by atoms with Crippen LogP contribution in [0.5, 0.6) is 5.75 Å². The van der Waals surface area contributed by atoms with Crippen LogP contribution in [0, 0.1) is 0 Å². The van der Waals surface area contributed by atoms with Crippen molar-refractivity contribution < 1.29 is 14.6 Å². The summed E-state index contributed by atoms with van der Waals surface area (Å²) in [6, 6.07) is 5.75. The summed E-state index contributed by atoms with van der Waals surface area (Å²) in [5.41, 5.74) is 1.85. The van der Waals surface area contributed by atoms with Crippen molar-refractivity contribution in [2.75, 3.05) is 20.2 Å². The molecule has 1 aromatic rings. The molecular weight excluding hydrogens is 230 g/mol. The summed E-state index contributed by atoms with van der Waals surface area (Å²) in [5, 5.41) is 8.89. The summed E-state index contributed by atoms with van der Waals surface area (Å²) < 4.78 is 5.18. The minimum absolute atomic E-state index is 0.00470. The molecule has 18 heavy (non-hydrogen) atoms. The molecule has 1 N–H and O–H groups in total. The van der Waals surface area contributed by atoms with E-state index in [1.165, 1.54) is 0 Å². The van der Waals surface area contributed by atoms with Crippen LogP contribution in [0.3, 0.4) is 0 Å². The number of carboxylic acid groups (broad SMARTS) is 1. The van der Waals surface area contributed by atoms with Crippen molar-refractivity contribution in [1.82, 2.24) is 4.90 Å². The van der Waals surface area contributed by atoms with Crippen molar-refractivity contribution in [3.05, 3.63) is 29.3 Å². The molecule has 0 aliphatic heterocycles. The third kappa shape index (κ3) is 4.04. The van der Waals surface area contributed by atoms with Gasteiger partial charge in [-0.2, -0.15) is 0 Å². The van der Waals surface area contributed by atoms with E-state index in [9.17, 15) is 4.79 Å². The lowest BCUT2D eigenvalue weighted by atomic mass is 10.1. The van der Waals surface area contributed by atoms with E-state index in [0.29, 0.717) is 5.75 Å². The fourth-order valence-electron chi connectivity index (χ4n) is 1.94. The Labute approximate surface area is 108 Å². The Morgan fingerprint density at radius 3 is 2.50 bits per heavy atom. The second-order valence-electron chi connectivity index (χ2n) is 4.18. The highest BCUT2D eigenvalue weighted by molar-refractivity contribution is 5.71. The van der Waals surface area contributed by atoms with Gasteiger partial charge in [-0.15, -0.1) is 0 Å². The van der Waals surface area contributed by atoms with Gasteiger partial charge in [0.15, 0.2) is 0 Å². The van der Waals surface area contributed by atoms with Gasteiger partial charge >= 0.3 is 5.97 Å². The number of aliphatic carboxylic acids is 1. The number of methoxy groups -OCH3 is 1. The number of ether oxygens (including phenoxy) is 1. The van der Waals surface area contributed by atoms with Crippen LogP contribution in [0.15, 0.2) is 18.2 Å². The summed E-state index contributed by atoms with van der Waals surface area (Å²) in [4.78, 5) is 13.1. The van der Waals surface area contributed by atoms with Crippen molar-refractivity contribution in [2.24, 2.45) is 0 Å². The number of carboxylic acids is 1. The highest BCUT2D eigenvalue weighted by Crippen LogP contribution is 2.21. The van der Waals surface area contributed by atoms with Crippen molar-refractivity contribution in [2.45, 2.75) is 26.8 Å². The molecule has 0 atom stereocenters. The highest BCUT2D eigenvalue weighted by Gasteiger charge is 2.09. The van der Waals surface area contributed by atoms with Crippen molar-refractivity contribution >= 4 is 5.97 Å². The molecule has 0 aromatic heterocycles. The Balaban J connectivity index is 2.91. The average molecular weight is 251 g/mol. The second-order valence-corrected chi connectivity index (χ2v) is 4.18. The van der Waals surface area contributed by atoms with E-state index in [1.807, 2.05) is 18.2 Å². The van der Waals surface area contributed by atoms with Gasteiger partial charge in [0.1, 0.15) is 5.75 Å². The summed E-state index contributed by atoms with van der Waals surface area (Å²) in [7, 11) is 1.56. The fourth-order valence-corrected chi connectivity index (χ4v) is 1.94. The lowest BCUT2D eigenvalue weighted by Gasteiger charge is -2.19. The molecule has 0 radical (unpaired) electrons. The van der Waals surface area contributed by atoms with Crippen molar-refractivity contribution in [3.8, 4) is 5.75 Å². The second kappa shape index (κ2) is 7.01.